The molecule has 0 aromatic heterocycles. The Morgan fingerprint density at radius 3 is 2.62 bits per heavy atom. The topological polar surface area (TPSA) is 45.0 Å². The summed E-state index contributed by atoms with van der Waals surface area (Å²) in [4.78, 5) is 0. The zero-order chi connectivity index (χ0) is 15.4. The van der Waals surface area contributed by atoms with Gasteiger partial charge in [-0.25, -0.2) is 4.39 Å². The molecule has 0 amide bonds. The maximum absolute atomic E-state index is 13.8. The van der Waals surface area contributed by atoms with Crippen molar-refractivity contribution >= 4 is 11.6 Å². The first-order valence-corrected chi connectivity index (χ1v) is 6.77. The van der Waals surface area contributed by atoms with E-state index in [9.17, 15) is 4.39 Å². The Kier molecular flexibility index (Phi) is 4.79. The second kappa shape index (κ2) is 6.57. The van der Waals surface area contributed by atoms with Crippen LogP contribution in [0.3, 0.4) is 0 Å². The van der Waals surface area contributed by atoms with Crippen LogP contribution < -0.4 is 10.1 Å². The second-order valence-corrected chi connectivity index (χ2v) is 4.96. The summed E-state index contributed by atoms with van der Waals surface area (Å²) < 4.78 is 19.2. The molecule has 2 aromatic carbocycles. The van der Waals surface area contributed by atoms with Crippen molar-refractivity contribution in [2.24, 2.45) is 0 Å². The van der Waals surface area contributed by atoms with E-state index in [1.165, 1.54) is 12.1 Å². The van der Waals surface area contributed by atoms with Crippen molar-refractivity contribution in [3.8, 4) is 17.6 Å². The van der Waals surface area contributed by atoms with E-state index in [1.54, 1.807) is 12.1 Å². The summed E-state index contributed by atoms with van der Waals surface area (Å²) in [6.07, 6.45) is 0. The summed E-state index contributed by atoms with van der Waals surface area (Å²) in [6, 6.07) is 11.2. The van der Waals surface area contributed by atoms with Gasteiger partial charge in [0.15, 0.2) is 11.6 Å². The average Bonchev–Trinajstić information content (AvgIpc) is 2.48. The van der Waals surface area contributed by atoms with Crippen LogP contribution in [0.25, 0.3) is 0 Å². The fraction of sp³-hybridized carbons (Fsp3) is 0.188. The highest BCUT2D eigenvalue weighted by atomic mass is 35.5. The van der Waals surface area contributed by atoms with E-state index in [1.807, 2.05) is 26.1 Å². The van der Waals surface area contributed by atoms with E-state index < -0.39 is 5.82 Å². The predicted molar refractivity (Wildman–Crippen MR) is 80.1 cm³/mol. The minimum atomic E-state index is -0.585. The Morgan fingerprint density at radius 1 is 1.29 bits per heavy atom. The molecule has 0 fully saturated rings. The third-order valence-corrected chi connectivity index (χ3v) is 3.49. The first-order chi connectivity index (χ1) is 10.0. The number of nitrogens with one attached hydrogen (secondary N) is 1. The van der Waals surface area contributed by atoms with Crippen molar-refractivity contribution < 1.29 is 9.13 Å². The van der Waals surface area contributed by atoms with Crippen LogP contribution in [0.2, 0.25) is 5.02 Å². The zero-order valence-electron chi connectivity index (χ0n) is 11.7. The standard InChI is InChI=1S/C16H14ClFN2O/c1-10(20-2)13-5-4-12(8-14(13)17)21-16-6-3-11(9-19)7-15(16)18/h3-8,10,20H,1-2H3. The maximum atomic E-state index is 13.8. The number of hydrogen-bond acceptors (Lipinski definition) is 3. The number of nitrogens with zero attached hydrogens (tertiary/aromatic N) is 1. The molecule has 3 nitrogen and oxygen atoms in total. The van der Waals surface area contributed by atoms with Gasteiger partial charge in [0.1, 0.15) is 5.75 Å². The van der Waals surface area contributed by atoms with Gasteiger partial charge in [-0.1, -0.05) is 17.7 Å². The van der Waals surface area contributed by atoms with Crippen molar-refractivity contribution in [3.05, 3.63) is 58.4 Å². The molecule has 2 aromatic rings. The number of benzene rings is 2. The summed E-state index contributed by atoms with van der Waals surface area (Å²) in [7, 11) is 1.84. The van der Waals surface area contributed by atoms with Gasteiger partial charge in [-0.3, -0.25) is 0 Å². The molecule has 5 heteroatoms. The minimum absolute atomic E-state index is 0.0551. The van der Waals surface area contributed by atoms with Gasteiger partial charge < -0.3 is 10.1 Å². The molecule has 0 bridgehead atoms. The molecule has 0 aliphatic heterocycles. The Balaban J connectivity index is 2.25. The molecular weight excluding hydrogens is 291 g/mol. The lowest BCUT2D eigenvalue weighted by atomic mass is 10.1. The van der Waals surface area contributed by atoms with Gasteiger partial charge in [-0.15, -0.1) is 0 Å². The van der Waals surface area contributed by atoms with Gasteiger partial charge in [0.2, 0.25) is 0 Å². The maximum Gasteiger partial charge on any atom is 0.167 e. The number of nitriles is 1. The lowest BCUT2D eigenvalue weighted by molar-refractivity contribution is 0.442. The molecule has 108 valence electrons. The largest absolute Gasteiger partial charge is 0.454 e. The molecule has 0 saturated carbocycles. The van der Waals surface area contributed by atoms with Crippen molar-refractivity contribution in [2.75, 3.05) is 7.05 Å². The Labute approximate surface area is 127 Å². The number of hydrogen-bond donors (Lipinski definition) is 1. The molecule has 1 unspecified atom stereocenters. The normalized spacial score (nSPS) is 11.8. The summed E-state index contributed by atoms with van der Waals surface area (Å²) in [5, 5.41) is 12.3. The van der Waals surface area contributed by atoms with Crippen LogP contribution in [-0.2, 0) is 0 Å². The fourth-order valence-electron chi connectivity index (χ4n) is 1.86. The number of ether oxygens (including phenoxy) is 1. The Morgan fingerprint density at radius 2 is 2.05 bits per heavy atom. The van der Waals surface area contributed by atoms with Gasteiger partial charge in [0.25, 0.3) is 0 Å². The number of halogens is 2. The second-order valence-electron chi connectivity index (χ2n) is 4.55. The summed E-state index contributed by atoms with van der Waals surface area (Å²) in [6.45, 7) is 1.99. The monoisotopic (exact) mass is 304 g/mol. The van der Waals surface area contributed by atoms with Crippen molar-refractivity contribution in [2.45, 2.75) is 13.0 Å². The summed E-state index contributed by atoms with van der Waals surface area (Å²) in [5.41, 5.74) is 1.18. The minimum Gasteiger partial charge on any atom is -0.454 e. The Hall–Kier alpha value is -2.09. The first kappa shape index (κ1) is 15.3. The van der Waals surface area contributed by atoms with Crippen molar-refractivity contribution in [3.63, 3.8) is 0 Å². The molecule has 0 heterocycles. The molecule has 0 spiro atoms. The van der Waals surface area contributed by atoms with Crippen molar-refractivity contribution in [1.29, 1.82) is 5.26 Å². The Bertz CT molecular complexity index is 697. The lowest BCUT2D eigenvalue weighted by Gasteiger charge is -2.14. The molecular formula is C16H14ClFN2O. The van der Waals surface area contributed by atoms with Crippen LogP contribution in [-0.4, -0.2) is 7.05 Å². The molecule has 2 rings (SSSR count). The van der Waals surface area contributed by atoms with E-state index in [4.69, 9.17) is 21.6 Å². The highest BCUT2D eigenvalue weighted by molar-refractivity contribution is 6.31. The fourth-order valence-corrected chi connectivity index (χ4v) is 2.19. The van der Waals surface area contributed by atoms with E-state index in [0.717, 1.165) is 11.6 Å². The smallest absolute Gasteiger partial charge is 0.167 e. The molecule has 0 aliphatic rings. The SMILES string of the molecule is CNC(C)c1ccc(Oc2ccc(C#N)cc2F)cc1Cl. The molecule has 1 N–H and O–H groups in total. The molecule has 0 aliphatic carbocycles. The van der Waals surface area contributed by atoms with Crippen LogP contribution >= 0.6 is 11.6 Å². The van der Waals surface area contributed by atoms with Gasteiger partial charge in [0, 0.05) is 11.1 Å². The van der Waals surface area contributed by atoms with Crippen LogP contribution in [0.15, 0.2) is 36.4 Å². The highest BCUT2D eigenvalue weighted by Gasteiger charge is 2.11. The highest BCUT2D eigenvalue weighted by Crippen LogP contribution is 2.31. The molecule has 0 radical (unpaired) electrons. The molecule has 1 atom stereocenters. The summed E-state index contributed by atoms with van der Waals surface area (Å²) in [5.74, 6) is -0.0898. The third kappa shape index (κ3) is 3.52. The first-order valence-electron chi connectivity index (χ1n) is 6.39. The molecule has 21 heavy (non-hydrogen) atoms. The van der Waals surface area contributed by atoms with Gasteiger partial charge in [0.05, 0.1) is 11.6 Å². The predicted octanol–water partition coefficient (Wildman–Crippen LogP) is 4.42. The quantitative estimate of drug-likeness (QED) is 0.909. The van der Waals surface area contributed by atoms with Gasteiger partial charge >= 0.3 is 0 Å². The van der Waals surface area contributed by atoms with Gasteiger partial charge in [-0.2, -0.15) is 5.26 Å². The number of rotatable bonds is 4. The van der Waals surface area contributed by atoms with E-state index in [0.29, 0.717) is 10.8 Å². The van der Waals surface area contributed by atoms with Crippen LogP contribution in [0.1, 0.15) is 24.1 Å². The lowest BCUT2D eigenvalue weighted by Crippen LogP contribution is -2.12. The third-order valence-electron chi connectivity index (χ3n) is 3.16. The van der Waals surface area contributed by atoms with Crippen LogP contribution in [0, 0.1) is 17.1 Å². The zero-order valence-corrected chi connectivity index (χ0v) is 12.4. The van der Waals surface area contributed by atoms with E-state index in [2.05, 4.69) is 5.32 Å². The van der Waals surface area contributed by atoms with Crippen molar-refractivity contribution in [1.82, 2.24) is 5.32 Å². The molecule has 0 saturated heterocycles. The summed E-state index contributed by atoms with van der Waals surface area (Å²) >= 11 is 6.20. The average molecular weight is 305 g/mol. The van der Waals surface area contributed by atoms with Crippen LogP contribution in [0.4, 0.5) is 4.39 Å². The van der Waals surface area contributed by atoms with Gasteiger partial charge in [-0.05, 0) is 49.9 Å². The van der Waals surface area contributed by atoms with E-state index >= 15 is 0 Å². The van der Waals surface area contributed by atoms with E-state index in [-0.39, 0.29) is 17.4 Å². The van der Waals surface area contributed by atoms with Crippen LogP contribution in [0.5, 0.6) is 11.5 Å².